The molecule has 52 heavy (non-hydrogen) atoms. The number of aromatic nitrogens is 3. The van der Waals surface area contributed by atoms with E-state index in [2.05, 4.69) is 120 Å². The second-order valence-electron chi connectivity index (χ2n) is 12.9. The lowest BCUT2D eigenvalue weighted by atomic mass is 9.98. The van der Waals surface area contributed by atoms with Gasteiger partial charge in [0.1, 0.15) is 0 Å². The van der Waals surface area contributed by atoms with Crippen LogP contribution in [-0.4, -0.2) is 14.5 Å². The number of rotatable bonds is 5. The van der Waals surface area contributed by atoms with Gasteiger partial charge in [-0.05, 0) is 77.9 Å². The maximum atomic E-state index is 9.78. The summed E-state index contributed by atoms with van der Waals surface area (Å²) in [6.07, 6.45) is 0. The van der Waals surface area contributed by atoms with Gasteiger partial charge in [-0.3, -0.25) is 0 Å². The average molecular weight is 681 g/mol. The van der Waals surface area contributed by atoms with E-state index in [4.69, 9.17) is 9.97 Å². The van der Waals surface area contributed by atoms with Crippen LogP contribution in [0.5, 0.6) is 0 Å². The normalized spacial score (nSPS) is 11.4. The van der Waals surface area contributed by atoms with Crippen molar-refractivity contribution in [1.82, 2.24) is 14.5 Å². The molecule has 0 fully saturated rings. The third kappa shape index (κ3) is 4.97. The number of fused-ring (bicyclic) bond motifs is 6. The monoisotopic (exact) mass is 680 g/mol. The third-order valence-electron chi connectivity index (χ3n) is 9.87. The van der Waals surface area contributed by atoms with Gasteiger partial charge >= 0.3 is 0 Å². The molecule has 10 rings (SSSR count). The molecule has 0 unspecified atom stereocenters. The molecule has 0 spiro atoms. The Morgan fingerprint density at radius 3 is 1.81 bits per heavy atom. The summed E-state index contributed by atoms with van der Waals surface area (Å²) < 4.78 is 4.82. The lowest BCUT2D eigenvalue weighted by Gasteiger charge is -2.11. The van der Waals surface area contributed by atoms with E-state index in [1.54, 1.807) is 11.3 Å². The van der Waals surface area contributed by atoms with Crippen LogP contribution >= 0.6 is 11.3 Å². The predicted molar refractivity (Wildman–Crippen MR) is 216 cm³/mol. The van der Waals surface area contributed by atoms with Crippen molar-refractivity contribution in [2.45, 2.75) is 0 Å². The van der Waals surface area contributed by atoms with Gasteiger partial charge in [-0.2, -0.15) is 5.26 Å². The van der Waals surface area contributed by atoms with Gasteiger partial charge in [-0.15, -0.1) is 11.3 Å². The molecule has 5 heteroatoms. The smallest absolute Gasteiger partial charge is 0.160 e. The molecule has 3 heterocycles. The zero-order valence-corrected chi connectivity index (χ0v) is 28.7. The fourth-order valence-electron chi connectivity index (χ4n) is 7.38. The number of hydrogen-bond acceptors (Lipinski definition) is 4. The summed E-state index contributed by atoms with van der Waals surface area (Å²) in [6, 6.07) is 61.4. The second-order valence-corrected chi connectivity index (χ2v) is 14.0. The lowest BCUT2D eigenvalue weighted by molar-refractivity contribution is 1.18. The van der Waals surface area contributed by atoms with E-state index in [1.807, 2.05) is 60.7 Å². The van der Waals surface area contributed by atoms with Crippen LogP contribution in [0.15, 0.2) is 170 Å². The van der Waals surface area contributed by atoms with Gasteiger partial charge in [0.2, 0.25) is 0 Å². The molecule has 0 aliphatic rings. The van der Waals surface area contributed by atoms with Crippen molar-refractivity contribution in [2.24, 2.45) is 0 Å². The first-order chi connectivity index (χ1) is 25.7. The molecule has 10 aromatic rings. The van der Waals surface area contributed by atoms with Gasteiger partial charge in [0, 0.05) is 53.3 Å². The molecule has 0 aliphatic carbocycles. The van der Waals surface area contributed by atoms with Crippen molar-refractivity contribution in [3.05, 3.63) is 175 Å². The highest BCUT2D eigenvalue weighted by molar-refractivity contribution is 7.25. The summed E-state index contributed by atoms with van der Waals surface area (Å²) in [5, 5.41) is 14.5. The SMILES string of the molecule is N#Cc1ccccc1-c1ccc2sc3ccc(-n4c5ccccc5c5cc(-c6nc(-c7ccccc7)cc(-c7ccccc7)n6)ccc54)cc3c2c1. The van der Waals surface area contributed by atoms with Gasteiger partial charge in [-0.25, -0.2) is 9.97 Å². The average Bonchev–Trinajstić information content (AvgIpc) is 3.75. The predicted octanol–water partition coefficient (Wildman–Crippen LogP) is 12.5. The summed E-state index contributed by atoms with van der Waals surface area (Å²) in [4.78, 5) is 10.2. The summed E-state index contributed by atoms with van der Waals surface area (Å²) in [6.45, 7) is 0. The number of thiophene rings is 1. The minimum Gasteiger partial charge on any atom is -0.309 e. The summed E-state index contributed by atoms with van der Waals surface area (Å²) >= 11 is 1.80. The van der Waals surface area contributed by atoms with E-state index >= 15 is 0 Å². The Bertz CT molecular complexity index is 2970. The van der Waals surface area contributed by atoms with Crippen LogP contribution < -0.4 is 0 Å². The number of benzene rings is 7. The first kappa shape index (κ1) is 30.0. The van der Waals surface area contributed by atoms with Gasteiger partial charge < -0.3 is 4.57 Å². The molecular weight excluding hydrogens is 653 g/mol. The molecule has 0 N–H and O–H groups in total. The van der Waals surface area contributed by atoms with E-state index in [9.17, 15) is 5.26 Å². The zero-order valence-electron chi connectivity index (χ0n) is 27.9. The van der Waals surface area contributed by atoms with Crippen LogP contribution in [0.1, 0.15) is 5.56 Å². The maximum Gasteiger partial charge on any atom is 0.160 e. The maximum absolute atomic E-state index is 9.78. The van der Waals surface area contributed by atoms with Gasteiger partial charge in [0.25, 0.3) is 0 Å². The standard InChI is InChI=1S/C47H28N4S/c48-29-34-15-7-8-16-36(34)32-20-23-45-39(25-32)40-27-35(21-24-46(40)52-45)51-43-18-10-9-17-37(43)38-26-33(19-22-44(38)51)47-49-41(30-11-3-1-4-12-30)28-42(50-47)31-13-5-2-6-14-31/h1-28H. The molecular formula is C47H28N4S. The number of nitriles is 1. The van der Waals surface area contributed by atoms with Gasteiger partial charge in [-0.1, -0.05) is 103 Å². The molecule has 0 atom stereocenters. The molecule has 0 radical (unpaired) electrons. The van der Waals surface area contributed by atoms with E-state index in [0.717, 1.165) is 61.3 Å². The van der Waals surface area contributed by atoms with Crippen molar-refractivity contribution in [1.29, 1.82) is 5.26 Å². The molecule has 3 aromatic heterocycles. The summed E-state index contributed by atoms with van der Waals surface area (Å²) in [5.74, 6) is 0.693. The minimum absolute atomic E-state index is 0.681. The second kappa shape index (κ2) is 12.2. The lowest BCUT2D eigenvalue weighted by Crippen LogP contribution is -1.96. The van der Waals surface area contributed by atoms with Crippen LogP contribution in [0.4, 0.5) is 0 Å². The molecule has 0 saturated heterocycles. The fourth-order valence-corrected chi connectivity index (χ4v) is 8.45. The van der Waals surface area contributed by atoms with Gasteiger partial charge in [0.15, 0.2) is 5.82 Å². The third-order valence-corrected chi connectivity index (χ3v) is 11.0. The molecule has 4 nitrogen and oxygen atoms in total. The van der Waals surface area contributed by atoms with Crippen LogP contribution in [0.25, 0.3) is 92.7 Å². The number of para-hydroxylation sites is 1. The van der Waals surface area contributed by atoms with Crippen molar-refractivity contribution >= 4 is 53.3 Å². The van der Waals surface area contributed by atoms with E-state index < -0.39 is 0 Å². The minimum atomic E-state index is 0.681. The first-order valence-electron chi connectivity index (χ1n) is 17.2. The number of hydrogen-bond donors (Lipinski definition) is 0. The fraction of sp³-hybridized carbons (Fsp3) is 0. The Hall–Kier alpha value is -6.87. The quantitative estimate of drug-likeness (QED) is 0.182. The molecule has 0 saturated carbocycles. The highest BCUT2D eigenvalue weighted by Gasteiger charge is 2.17. The van der Waals surface area contributed by atoms with E-state index in [0.29, 0.717) is 11.4 Å². The number of nitrogens with zero attached hydrogens (tertiary/aromatic N) is 4. The molecule has 242 valence electrons. The Labute approximate surface area is 304 Å². The van der Waals surface area contributed by atoms with Crippen LogP contribution in [-0.2, 0) is 0 Å². The highest BCUT2D eigenvalue weighted by Crippen LogP contribution is 2.40. The van der Waals surface area contributed by atoms with Crippen molar-refractivity contribution < 1.29 is 0 Å². The Balaban J connectivity index is 1.14. The summed E-state index contributed by atoms with van der Waals surface area (Å²) in [5.41, 5.74) is 10.9. The Morgan fingerprint density at radius 1 is 0.462 bits per heavy atom. The molecule has 0 bridgehead atoms. The van der Waals surface area contributed by atoms with E-state index in [1.165, 1.54) is 25.6 Å². The van der Waals surface area contributed by atoms with E-state index in [-0.39, 0.29) is 0 Å². The van der Waals surface area contributed by atoms with Gasteiger partial charge in [0.05, 0.1) is 34.1 Å². The zero-order chi connectivity index (χ0) is 34.6. The Morgan fingerprint density at radius 2 is 1.06 bits per heavy atom. The van der Waals surface area contributed by atoms with Crippen LogP contribution in [0.2, 0.25) is 0 Å². The van der Waals surface area contributed by atoms with Crippen molar-refractivity contribution in [3.8, 4) is 56.8 Å². The van der Waals surface area contributed by atoms with Crippen LogP contribution in [0.3, 0.4) is 0 Å². The highest BCUT2D eigenvalue weighted by atomic mass is 32.1. The van der Waals surface area contributed by atoms with Crippen molar-refractivity contribution in [3.63, 3.8) is 0 Å². The molecule has 7 aromatic carbocycles. The van der Waals surface area contributed by atoms with Crippen molar-refractivity contribution in [2.75, 3.05) is 0 Å². The topological polar surface area (TPSA) is 54.5 Å². The molecule has 0 aliphatic heterocycles. The molecule has 0 amide bonds. The largest absolute Gasteiger partial charge is 0.309 e. The van der Waals surface area contributed by atoms with Crippen LogP contribution in [0, 0.1) is 11.3 Å². The first-order valence-corrected chi connectivity index (χ1v) is 18.0. The Kier molecular flexibility index (Phi) is 7.02. The summed E-state index contributed by atoms with van der Waals surface area (Å²) in [7, 11) is 0.